The second kappa shape index (κ2) is 5.04. The number of aryl methyl sites for hydroxylation is 1. The molecule has 2 rings (SSSR count). The van der Waals surface area contributed by atoms with Gasteiger partial charge >= 0.3 is 12.0 Å². The Labute approximate surface area is 118 Å². The van der Waals surface area contributed by atoms with Gasteiger partial charge in [0.25, 0.3) is 0 Å². The summed E-state index contributed by atoms with van der Waals surface area (Å²) in [6.45, 7) is 3.07. The lowest BCUT2D eigenvalue weighted by Gasteiger charge is -2.28. The molecule has 1 saturated heterocycles. The molecule has 0 aliphatic carbocycles. The van der Waals surface area contributed by atoms with E-state index in [0.717, 1.165) is 16.2 Å². The monoisotopic (exact) mass is 296 g/mol. The highest BCUT2D eigenvalue weighted by Gasteiger charge is 2.41. The van der Waals surface area contributed by atoms with Crippen LogP contribution in [0.2, 0.25) is 0 Å². The van der Waals surface area contributed by atoms with Gasteiger partial charge in [-0.1, -0.05) is 0 Å². The average molecular weight is 296 g/mol. The summed E-state index contributed by atoms with van der Waals surface area (Å²) in [4.78, 5) is 48.2. The van der Waals surface area contributed by atoms with E-state index in [2.05, 4.69) is 10.1 Å². The standard InChI is InChI=1S/C12H12N2O5S/c1-5-4-20-8(11(17)19-3)7(5)14-10(16)6(2)9(15)13-12(14)18/h4,6H,1-3H3,(H,13,15,18). The summed E-state index contributed by atoms with van der Waals surface area (Å²) in [5.41, 5.74) is 0.754. The van der Waals surface area contributed by atoms with Gasteiger partial charge in [0.05, 0.1) is 12.8 Å². The summed E-state index contributed by atoms with van der Waals surface area (Å²) >= 11 is 1.08. The lowest BCUT2D eigenvalue weighted by atomic mass is 10.1. The molecule has 0 radical (unpaired) electrons. The van der Waals surface area contributed by atoms with Gasteiger partial charge in [0.1, 0.15) is 10.8 Å². The number of amides is 4. The summed E-state index contributed by atoms with van der Waals surface area (Å²) in [5, 5.41) is 3.73. The maximum atomic E-state index is 12.2. The molecule has 1 aliphatic rings. The average Bonchev–Trinajstić information content (AvgIpc) is 2.78. The molecule has 1 aliphatic heterocycles. The predicted molar refractivity (Wildman–Crippen MR) is 70.6 cm³/mol. The highest BCUT2D eigenvalue weighted by Crippen LogP contribution is 2.33. The van der Waals surface area contributed by atoms with E-state index in [1.807, 2.05) is 0 Å². The van der Waals surface area contributed by atoms with Crippen LogP contribution in [0.1, 0.15) is 22.2 Å². The summed E-state index contributed by atoms with van der Waals surface area (Å²) < 4.78 is 4.63. The van der Waals surface area contributed by atoms with Crippen LogP contribution in [0.5, 0.6) is 0 Å². The number of hydrogen-bond acceptors (Lipinski definition) is 6. The minimum absolute atomic E-state index is 0.148. The number of nitrogens with zero attached hydrogens (tertiary/aromatic N) is 1. The molecule has 4 amide bonds. The molecule has 0 saturated carbocycles. The Hall–Kier alpha value is -2.22. The number of hydrogen-bond donors (Lipinski definition) is 1. The Kier molecular flexibility index (Phi) is 3.58. The number of methoxy groups -OCH3 is 1. The maximum Gasteiger partial charge on any atom is 0.350 e. The minimum atomic E-state index is -0.988. The van der Waals surface area contributed by atoms with E-state index in [9.17, 15) is 19.2 Å². The van der Waals surface area contributed by atoms with Gasteiger partial charge in [-0.05, 0) is 24.8 Å². The highest BCUT2D eigenvalue weighted by molar-refractivity contribution is 7.12. The molecule has 1 N–H and O–H groups in total. The third kappa shape index (κ3) is 2.07. The Balaban J connectivity index is 2.53. The van der Waals surface area contributed by atoms with Crippen molar-refractivity contribution in [2.75, 3.05) is 12.0 Å². The maximum absolute atomic E-state index is 12.2. The summed E-state index contributed by atoms with van der Waals surface area (Å²) in [5.74, 6) is -2.94. The molecule has 1 fully saturated rings. The summed E-state index contributed by atoms with van der Waals surface area (Å²) in [6, 6.07) is -0.857. The fourth-order valence-corrected chi connectivity index (χ4v) is 2.79. The van der Waals surface area contributed by atoms with Crippen LogP contribution in [0.15, 0.2) is 5.38 Å². The van der Waals surface area contributed by atoms with E-state index < -0.39 is 29.7 Å². The first kappa shape index (κ1) is 14.2. The van der Waals surface area contributed by atoms with Crippen molar-refractivity contribution in [3.05, 3.63) is 15.8 Å². The SMILES string of the molecule is COC(=O)c1scc(C)c1N1C(=O)NC(=O)C(C)C1=O. The van der Waals surface area contributed by atoms with E-state index in [-0.39, 0.29) is 10.6 Å². The Morgan fingerprint density at radius 3 is 2.65 bits per heavy atom. The molecule has 20 heavy (non-hydrogen) atoms. The summed E-state index contributed by atoms with van der Waals surface area (Å²) in [6.07, 6.45) is 0. The number of anilines is 1. The number of carbonyl (C=O) groups excluding carboxylic acids is 4. The molecule has 0 bridgehead atoms. The van der Waals surface area contributed by atoms with E-state index in [4.69, 9.17) is 0 Å². The predicted octanol–water partition coefficient (Wildman–Crippen LogP) is 1.06. The van der Waals surface area contributed by atoms with Crippen LogP contribution >= 0.6 is 11.3 Å². The van der Waals surface area contributed by atoms with Gasteiger partial charge in [0.15, 0.2) is 0 Å². The van der Waals surface area contributed by atoms with Crippen molar-refractivity contribution in [3.8, 4) is 0 Å². The summed E-state index contributed by atoms with van der Waals surface area (Å²) in [7, 11) is 1.21. The van der Waals surface area contributed by atoms with Crippen molar-refractivity contribution in [1.82, 2.24) is 5.32 Å². The molecule has 1 unspecified atom stereocenters. The molecule has 106 valence electrons. The zero-order chi connectivity index (χ0) is 15.0. The third-order valence-corrected chi connectivity index (χ3v) is 4.02. The second-order valence-corrected chi connectivity index (χ2v) is 5.16. The number of urea groups is 1. The first-order chi connectivity index (χ1) is 9.38. The molecule has 0 spiro atoms. The van der Waals surface area contributed by atoms with Crippen molar-refractivity contribution >= 4 is 40.8 Å². The molecule has 1 aromatic heterocycles. The van der Waals surface area contributed by atoms with E-state index >= 15 is 0 Å². The molecule has 0 aromatic carbocycles. The Morgan fingerprint density at radius 1 is 1.40 bits per heavy atom. The van der Waals surface area contributed by atoms with Crippen LogP contribution in [0.3, 0.4) is 0 Å². The smallest absolute Gasteiger partial charge is 0.350 e. The topological polar surface area (TPSA) is 92.8 Å². The molecule has 2 heterocycles. The zero-order valence-electron chi connectivity index (χ0n) is 11.1. The van der Waals surface area contributed by atoms with Crippen LogP contribution in [-0.4, -0.2) is 30.9 Å². The number of esters is 1. The molecular formula is C12H12N2O5S. The number of barbiturate groups is 1. The number of thiophene rings is 1. The van der Waals surface area contributed by atoms with E-state index in [1.54, 1.807) is 12.3 Å². The number of ether oxygens (including phenoxy) is 1. The van der Waals surface area contributed by atoms with E-state index in [0.29, 0.717) is 5.56 Å². The quantitative estimate of drug-likeness (QED) is 0.650. The third-order valence-electron chi connectivity index (χ3n) is 2.95. The minimum Gasteiger partial charge on any atom is -0.465 e. The molecule has 1 atom stereocenters. The van der Waals surface area contributed by atoms with Crippen LogP contribution in [-0.2, 0) is 14.3 Å². The van der Waals surface area contributed by atoms with Crippen LogP contribution in [0.4, 0.5) is 10.5 Å². The first-order valence-corrected chi connectivity index (χ1v) is 6.61. The van der Waals surface area contributed by atoms with Crippen LogP contribution in [0.25, 0.3) is 0 Å². The van der Waals surface area contributed by atoms with Crippen molar-refractivity contribution < 1.29 is 23.9 Å². The zero-order valence-corrected chi connectivity index (χ0v) is 11.9. The van der Waals surface area contributed by atoms with Crippen molar-refractivity contribution in [2.24, 2.45) is 5.92 Å². The number of imide groups is 2. The van der Waals surface area contributed by atoms with Gasteiger partial charge < -0.3 is 4.74 Å². The van der Waals surface area contributed by atoms with Gasteiger partial charge in [-0.15, -0.1) is 11.3 Å². The number of carbonyl (C=O) groups is 4. The van der Waals surface area contributed by atoms with Gasteiger partial charge in [-0.3, -0.25) is 14.9 Å². The Morgan fingerprint density at radius 2 is 2.05 bits per heavy atom. The van der Waals surface area contributed by atoms with Crippen molar-refractivity contribution in [2.45, 2.75) is 13.8 Å². The largest absolute Gasteiger partial charge is 0.465 e. The van der Waals surface area contributed by atoms with Gasteiger partial charge in [0.2, 0.25) is 11.8 Å². The van der Waals surface area contributed by atoms with Gasteiger partial charge in [0, 0.05) is 0 Å². The lowest BCUT2D eigenvalue weighted by molar-refractivity contribution is -0.133. The van der Waals surface area contributed by atoms with E-state index in [1.165, 1.54) is 14.0 Å². The number of nitrogens with one attached hydrogen (secondary N) is 1. The Bertz CT molecular complexity index is 621. The van der Waals surface area contributed by atoms with Gasteiger partial charge in [-0.25, -0.2) is 14.5 Å². The molecule has 7 nitrogen and oxygen atoms in total. The number of rotatable bonds is 2. The van der Waals surface area contributed by atoms with Crippen LogP contribution < -0.4 is 10.2 Å². The van der Waals surface area contributed by atoms with Crippen molar-refractivity contribution in [3.63, 3.8) is 0 Å². The lowest BCUT2D eigenvalue weighted by Crippen LogP contribution is -2.57. The highest BCUT2D eigenvalue weighted by atomic mass is 32.1. The normalized spacial score (nSPS) is 19.1. The first-order valence-electron chi connectivity index (χ1n) is 5.73. The molecule has 1 aromatic rings. The van der Waals surface area contributed by atoms with Crippen molar-refractivity contribution in [1.29, 1.82) is 0 Å². The molecule has 8 heteroatoms. The molecular weight excluding hydrogens is 284 g/mol. The fraction of sp³-hybridized carbons (Fsp3) is 0.333. The van der Waals surface area contributed by atoms with Gasteiger partial charge in [-0.2, -0.15) is 0 Å². The van der Waals surface area contributed by atoms with Crippen LogP contribution in [0, 0.1) is 12.8 Å². The second-order valence-electron chi connectivity index (χ2n) is 4.28. The fourth-order valence-electron chi connectivity index (χ4n) is 1.84.